The number of amides is 3. The van der Waals surface area contributed by atoms with Crippen LogP contribution in [0.1, 0.15) is 49.5 Å². The molecule has 1 unspecified atom stereocenters. The summed E-state index contributed by atoms with van der Waals surface area (Å²) in [5.74, 6) is 0.205. The molecule has 1 aromatic carbocycles. The van der Waals surface area contributed by atoms with Crippen LogP contribution in [0.5, 0.6) is 0 Å². The van der Waals surface area contributed by atoms with Gasteiger partial charge in [-0.15, -0.1) is 11.3 Å². The maximum atomic E-state index is 12.3. The van der Waals surface area contributed by atoms with Crippen LogP contribution in [0.2, 0.25) is 0 Å². The molecule has 2 fully saturated rings. The third kappa shape index (κ3) is 4.65. The van der Waals surface area contributed by atoms with Crippen LogP contribution in [-0.2, 0) is 4.79 Å². The molecule has 1 aromatic heterocycles. The van der Waals surface area contributed by atoms with E-state index in [9.17, 15) is 9.59 Å². The summed E-state index contributed by atoms with van der Waals surface area (Å²) in [7, 11) is 0. The second-order valence-electron chi connectivity index (χ2n) is 7.74. The normalized spacial score (nSPS) is 23.4. The van der Waals surface area contributed by atoms with Gasteiger partial charge in [0, 0.05) is 6.04 Å². The number of hydrogen-bond acceptors (Lipinski definition) is 4. The van der Waals surface area contributed by atoms with Gasteiger partial charge in [0.05, 0.1) is 29.2 Å². The smallest absolute Gasteiger partial charge is 0.321 e. The van der Waals surface area contributed by atoms with E-state index in [2.05, 4.69) is 22.8 Å². The van der Waals surface area contributed by atoms with E-state index in [-0.39, 0.29) is 18.0 Å². The van der Waals surface area contributed by atoms with Gasteiger partial charge in [0.25, 0.3) is 5.91 Å². The molecule has 3 amide bonds. The van der Waals surface area contributed by atoms with Gasteiger partial charge in [0.15, 0.2) is 6.54 Å². The Morgan fingerprint density at radius 1 is 1.15 bits per heavy atom. The van der Waals surface area contributed by atoms with E-state index < -0.39 is 0 Å². The minimum absolute atomic E-state index is 0.189. The van der Waals surface area contributed by atoms with Crippen molar-refractivity contribution < 1.29 is 14.5 Å². The topological polar surface area (TPSA) is 75.5 Å². The lowest BCUT2D eigenvalue weighted by molar-refractivity contribution is -0.898. The summed E-state index contributed by atoms with van der Waals surface area (Å²) in [5.41, 5.74) is 1.06. The minimum atomic E-state index is -0.342. The fraction of sp³-hybridized carbons (Fsp3) is 0.550. The van der Waals surface area contributed by atoms with Crippen molar-refractivity contribution in [2.24, 2.45) is 0 Å². The Bertz CT molecular complexity index is 782. The Morgan fingerprint density at radius 3 is 2.78 bits per heavy atom. The van der Waals surface area contributed by atoms with Crippen molar-refractivity contribution in [2.45, 2.75) is 50.5 Å². The highest BCUT2D eigenvalue weighted by molar-refractivity contribution is 7.18. The van der Waals surface area contributed by atoms with Crippen LogP contribution in [0, 0.1) is 0 Å². The lowest BCUT2D eigenvalue weighted by Crippen LogP contribution is -3.14. The molecular weight excluding hydrogens is 360 g/mol. The maximum absolute atomic E-state index is 12.3. The summed E-state index contributed by atoms with van der Waals surface area (Å²) in [6.07, 6.45) is 6.55. The van der Waals surface area contributed by atoms with E-state index >= 15 is 0 Å². The molecule has 1 saturated heterocycles. The number of benzene rings is 1. The zero-order valence-electron chi connectivity index (χ0n) is 15.5. The van der Waals surface area contributed by atoms with Gasteiger partial charge in [-0.2, -0.15) is 0 Å². The maximum Gasteiger partial charge on any atom is 0.321 e. The Kier molecular flexibility index (Phi) is 5.69. The van der Waals surface area contributed by atoms with Crippen molar-refractivity contribution in [3.63, 3.8) is 0 Å². The quantitative estimate of drug-likeness (QED) is 0.749. The van der Waals surface area contributed by atoms with Crippen molar-refractivity contribution in [3.05, 3.63) is 29.3 Å². The molecule has 3 N–H and O–H groups in total. The predicted molar refractivity (Wildman–Crippen MR) is 106 cm³/mol. The number of quaternary nitrogens is 1. The van der Waals surface area contributed by atoms with Gasteiger partial charge in [-0.05, 0) is 37.8 Å². The zero-order valence-corrected chi connectivity index (χ0v) is 16.3. The van der Waals surface area contributed by atoms with Crippen molar-refractivity contribution in [3.8, 4) is 0 Å². The average molecular weight is 388 g/mol. The lowest BCUT2D eigenvalue weighted by Gasteiger charge is -2.28. The zero-order chi connectivity index (χ0) is 18.6. The van der Waals surface area contributed by atoms with Crippen LogP contribution in [0.4, 0.5) is 4.79 Å². The number of hydrogen-bond donors (Lipinski definition) is 3. The van der Waals surface area contributed by atoms with Crippen LogP contribution >= 0.6 is 11.3 Å². The fourth-order valence-corrected chi connectivity index (χ4v) is 5.38. The van der Waals surface area contributed by atoms with Gasteiger partial charge in [-0.3, -0.25) is 10.1 Å². The number of fused-ring (bicyclic) bond motifs is 1. The van der Waals surface area contributed by atoms with Gasteiger partial charge in [0.2, 0.25) is 0 Å². The van der Waals surface area contributed by atoms with Crippen molar-refractivity contribution in [1.29, 1.82) is 0 Å². The van der Waals surface area contributed by atoms with E-state index in [1.807, 2.05) is 12.1 Å². The van der Waals surface area contributed by atoms with Gasteiger partial charge in [-0.1, -0.05) is 25.0 Å². The van der Waals surface area contributed by atoms with E-state index in [0.29, 0.717) is 12.5 Å². The number of thiazole rings is 1. The third-order valence-electron chi connectivity index (χ3n) is 5.63. The van der Waals surface area contributed by atoms with Crippen LogP contribution in [-0.4, -0.2) is 42.6 Å². The highest BCUT2D eigenvalue weighted by atomic mass is 32.1. The van der Waals surface area contributed by atoms with Gasteiger partial charge >= 0.3 is 6.03 Å². The molecule has 7 heteroatoms. The van der Waals surface area contributed by atoms with Crippen molar-refractivity contribution in [2.75, 3.05) is 19.6 Å². The standard InChI is InChI=1S/C20H26N4O2S/c25-18(23-20(26)21-15-7-1-2-8-15)13-24-11-5-6-14(12-24)19-22-16-9-3-4-10-17(16)27-19/h3-4,9-10,14-15H,1-2,5-8,11-13H2,(H2,21,23,25,26)/p+1/t14-/m1/s1. The molecule has 0 bridgehead atoms. The number of imide groups is 1. The van der Waals surface area contributed by atoms with Crippen LogP contribution in [0.3, 0.4) is 0 Å². The van der Waals surface area contributed by atoms with Crippen molar-refractivity contribution in [1.82, 2.24) is 15.6 Å². The Labute approximate surface area is 163 Å². The first-order valence-corrected chi connectivity index (χ1v) is 10.8. The number of nitrogens with zero attached hydrogens (tertiary/aromatic N) is 1. The number of para-hydroxylation sites is 1. The second kappa shape index (κ2) is 8.35. The van der Waals surface area contributed by atoms with Crippen LogP contribution in [0.15, 0.2) is 24.3 Å². The first kappa shape index (κ1) is 18.4. The molecule has 2 aromatic rings. The number of aromatic nitrogens is 1. The Balaban J connectivity index is 1.30. The fourth-order valence-electron chi connectivity index (χ4n) is 4.28. The van der Waals surface area contributed by atoms with E-state index in [1.165, 1.54) is 14.6 Å². The first-order valence-electron chi connectivity index (χ1n) is 9.97. The molecule has 0 radical (unpaired) electrons. The lowest BCUT2D eigenvalue weighted by atomic mass is 9.99. The summed E-state index contributed by atoms with van der Waals surface area (Å²) in [6.45, 7) is 2.22. The molecule has 4 rings (SSSR count). The molecule has 2 aliphatic rings. The second-order valence-corrected chi connectivity index (χ2v) is 8.81. The largest absolute Gasteiger partial charge is 0.335 e. The van der Waals surface area contributed by atoms with E-state index in [4.69, 9.17) is 4.98 Å². The third-order valence-corrected chi connectivity index (χ3v) is 6.83. The summed E-state index contributed by atoms with van der Waals surface area (Å²) in [4.78, 5) is 30.3. The molecule has 1 saturated carbocycles. The SMILES string of the molecule is O=C(C[NH+]1CCC[C@@H](c2nc3ccccc3s2)C1)NC(=O)NC1CCCC1. The van der Waals surface area contributed by atoms with Crippen LogP contribution < -0.4 is 15.5 Å². The molecule has 27 heavy (non-hydrogen) atoms. The number of rotatable bonds is 4. The summed E-state index contributed by atoms with van der Waals surface area (Å²) < 4.78 is 1.22. The molecule has 2 atom stereocenters. The summed E-state index contributed by atoms with van der Waals surface area (Å²) in [5, 5.41) is 6.59. The molecule has 144 valence electrons. The Hall–Kier alpha value is -1.99. The molecular formula is C20H27N4O2S+. The molecule has 6 nitrogen and oxygen atoms in total. The van der Waals surface area contributed by atoms with Crippen molar-refractivity contribution >= 4 is 33.5 Å². The number of likely N-dealkylation sites (tertiary alicyclic amines) is 1. The van der Waals surface area contributed by atoms with Crippen LogP contribution in [0.25, 0.3) is 10.2 Å². The van der Waals surface area contributed by atoms with Gasteiger partial charge < -0.3 is 10.2 Å². The number of urea groups is 1. The van der Waals surface area contributed by atoms with Gasteiger partial charge in [0.1, 0.15) is 5.01 Å². The average Bonchev–Trinajstić information content (AvgIpc) is 3.30. The minimum Gasteiger partial charge on any atom is -0.335 e. The summed E-state index contributed by atoms with van der Waals surface area (Å²) in [6, 6.07) is 8.11. The first-order chi connectivity index (χ1) is 13.2. The molecule has 1 aliphatic carbocycles. The monoisotopic (exact) mass is 387 g/mol. The summed E-state index contributed by atoms with van der Waals surface area (Å²) >= 11 is 1.76. The Morgan fingerprint density at radius 2 is 1.96 bits per heavy atom. The molecule has 1 aliphatic heterocycles. The van der Waals surface area contributed by atoms with Gasteiger partial charge in [-0.25, -0.2) is 9.78 Å². The van der Waals surface area contributed by atoms with E-state index in [1.54, 1.807) is 11.3 Å². The van der Waals surface area contributed by atoms with E-state index in [0.717, 1.165) is 57.1 Å². The predicted octanol–water partition coefficient (Wildman–Crippen LogP) is 1.83. The highest BCUT2D eigenvalue weighted by Gasteiger charge is 2.29. The number of carbonyl (C=O) groups excluding carboxylic acids is 2. The number of nitrogens with one attached hydrogen (secondary N) is 3. The number of carbonyl (C=O) groups is 2. The number of piperidine rings is 1. The molecule has 0 spiro atoms. The highest BCUT2D eigenvalue weighted by Crippen LogP contribution is 2.30. The molecule has 2 heterocycles.